The van der Waals surface area contributed by atoms with E-state index >= 15 is 0 Å². The second kappa shape index (κ2) is 6.30. The molecule has 0 saturated carbocycles. The molecule has 0 heterocycles. The fourth-order valence-corrected chi connectivity index (χ4v) is 1.03. The Labute approximate surface area is 86.2 Å². The lowest BCUT2D eigenvalue weighted by molar-refractivity contribution is 1.04. The lowest BCUT2D eigenvalue weighted by Gasteiger charge is -2.04. The molecular formula is C9H15Cl2N. The van der Waals surface area contributed by atoms with Crippen LogP contribution in [0.2, 0.25) is 0 Å². The largest absolute Gasteiger partial charge is 0.326 e. The second-order valence-corrected chi connectivity index (χ2v) is 2.56. The number of hydrogen-bond acceptors (Lipinski definition) is 1. The van der Waals surface area contributed by atoms with Gasteiger partial charge in [0.15, 0.2) is 0 Å². The van der Waals surface area contributed by atoms with E-state index in [9.17, 15) is 0 Å². The van der Waals surface area contributed by atoms with Gasteiger partial charge in [-0.1, -0.05) is 18.2 Å². The predicted molar refractivity (Wildman–Crippen MR) is 58.3 cm³/mol. The van der Waals surface area contributed by atoms with Crippen LogP contribution in [0.3, 0.4) is 0 Å². The number of hydrogen-bond donors (Lipinski definition) is 1. The van der Waals surface area contributed by atoms with Crippen LogP contribution in [0.25, 0.3) is 0 Å². The molecule has 0 bridgehead atoms. The van der Waals surface area contributed by atoms with Crippen LogP contribution in [0.15, 0.2) is 18.2 Å². The van der Waals surface area contributed by atoms with Crippen molar-refractivity contribution in [1.82, 2.24) is 0 Å². The van der Waals surface area contributed by atoms with Gasteiger partial charge in [-0.25, -0.2) is 0 Å². The summed E-state index contributed by atoms with van der Waals surface area (Å²) in [6, 6.07) is 6.22. The van der Waals surface area contributed by atoms with Crippen LogP contribution in [-0.2, 0) is 6.54 Å². The van der Waals surface area contributed by atoms with Gasteiger partial charge >= 0.3 is 0 Å². The van der Waals surface area contributed by atoms with Crippen molar-refractivity contribution in [3.8, 4) is 0 Å². The molecule has 0 amide bonds. The number of benzene rings is 1. The third kappa shape index (κ3) is 3.02. The van der Waals surface area contributed by atoms with E-state index in [1.54, 1.807) is 0 Å². The minimum absolute atomic E-state index is 0. The van der Waals surface area contributed by atoms with E-state index in [0.717, 1.165) is 0 Å². The first-order valence-corrected chi connectivity index (χ1v) is 3.51. The highest BCUT2D eigenvalue weighted by Gasteiger charge is 1.95. The molecule has 0 aliphatic heterocycles. The SMILES string of the molecule is Cc1cccc(CN)c1C.Cl.Cl. The zero-order chi connectivity index (χ0) is 7.56. The van der Waals surface area contributed by atoms with Crippen molar-refractivity contribution in [2.24, 2.45) is 5.73 Å². The maximum absolute atomic E-state index is 5.52. The minimum Gasteiger partial charge on any atom is -0.326 e. The number of rotatable bonds is 1. The molecule has 0 saturated heterocycles. The molecule has 1 nitrogen and oxygen atoms in total. The Morgan fingerprint density at radius 3 is 2.17 bits per heavy atom. The molecule has 3 heteroatoms. The van der Waals surface area contributed by atoms with Crippen LogP contribution in [0.1, 0.15) is 16.7 Å². The van der Waals surface area contributed by atoms with Crippen molar-refractivity contribution in [1.29, 1.82) is 0 Å². The van der Waals surface area contributed by atoms with Crippen molar-refractivity contribution >= 4 is 24.8 Å². The van der Waals surface area contributed by atoms with E-state index in [1.165, 1.54) is 16.7 Å². The molecule has 1 rings (SSSR count). The van der Waals surface area contributed by atoms with Gasteiger partial charge in [0, 0.05) is 6.54 Å². The van der Waals surface area contributed by atoms with Crippen LogP contribution in [0.5, 0.6) is 0 Å². The molecule has 12 heavy (non-hydrogen) atoms. The van der Waals surface area contributed by atoms with E-state index in [0.29, 0.717) is 6.54 Å². The topological polar surface area (TPSA) is 26.0 Å². The smallest absolute Gasteiger partial charge is 0.0180 e. The number of nitrogens with two attached hydrogens (primary N) is 1. The summed E-state index contributed by atoms with van der Waals surface area (Å²) in [5.74, 6) is 0. The van der Waals surface area contributed by atoms with Crippen LogP contribution < -0.4 is 5.73 Å². The molecule has 0 aliphatic carbocycles. The quantitative estimate of drug-likeness (QED) is 0.754. The van der Waals surface area contributed by atoms with Gasteiger partial charge in [0.25, 0.3) is 0 Å². The minimum atomic E-state index is 0. The lowest BCUT2D eigenvalue weighted by Crippen LogP contribution is -1.99. The van der Waals surface area contributed by atoms with E-state index < -0.39 is 0 Å². The number of aryl methyl sites for hydroxylation is 1. The highest BCUT2D eigenvalue weighted by Crippen LogP contribution is 2.10. The summed E-state index contributed by atoms with van der Waals surface area (Å²) in [6.45, 7) is 4.86. The maximum Gasteiger partial charge on any atom is 0.0180 e. The molecular weight excluding hydrogens is 193 g/mol. The molecule has 2 N–H and O–H groups in total. The summed E-state index contributed by atoms with van der Waals surface area (Å²) in [5, 5.41) is 0. The first-order valence-electron chi connectivity index (χ1n) is 3.51. The molecule has 0 fully saturated rings. The molecule has 0 aliphatic rings. The standard InChI is InChI=1S/C9H13N.2ClH/c1-7-4-3-5-9(6-10)8(7)2;;/h3-5H,6,10H2,1-2H3;2*1H. The molecule has 0 unspecified atom stereocenters. The molecule has 1 aromatic rings. The van der Waals surface area contributed by atoms with Crippen molar-refractivity contribution in [2.45, 2.75) is 20.4 Å². The van der Waals surface area contributed by atoms with Gasteiger partial charge in [-0.05, 0) is 30.5 Å². The normalized spacial score (nSPS) is 8.25. The average molecular weight is 208 g/mol. The van der Waals surface area contributed by atoms with Crippen LogP contribution in [0, 0.1) is 13.8 Å². The Morgan fingerprint density at radius 2 is 1.75 bits per heavy atom. The Morgan fingerprint density at radius 1 is 1.17 bits per heavy atom. The first-order chi connectivity index (χ1) is 4.75. The number of halogens is 2. The summed E-state index contributed by atoms with van der Waals surface area (Å²) in [7, 11) is 0. The van der Waals surface area contributed by atoms with Crippen LogP contribution in [0.4, 0.5) is 0 Å². The lowest BCUT2D eigenvalue weighted by atomic mass is 10.0. The molecule has 0 radical (unpaired) electrons. The Kier molecular flexibility index (Phi) is 7.50. The Bertz CT molecular complexity index is 236. The van der Waals surface area contributed by atoms with Gasteiger partial charge < -0.3 is 5.73 Å². The van der Waals surface area contributed by atoms with E-state index in [1.807, 2.05) is 6.07 Å². The zero-order valence-corrected chi connectivity index (χ0v) is 8.97. The fraction of sp³-hybridized carbons (Fsp3) is 0.333. The summed E-state index contributed by atoms with van der Waals surface area (Å²) in [6.07, 6.45) is 0. The summed E-state index contributed by atoms with van der Waals surface area (Å²) in [4.78, 5) is 0. The van der Waals surface area contributed by atoms with Gasteiger partial charge in [0.05, 0.1) is 0 Å². The van der Waals surface area contributed by atoms with Crippen molar-refractivity contribution in [2.75, 3.05) is 0 Å². The second-order valence-electron chi connectivity index (χ2n) is 2.56. The van der Waals surface area contributed by atoms with Crippen molar-refractivity contribution in [3.05, 3.63) is 34.9 Å². The van der Waals surface area contributed by atoms with Crippen molar-refractivity contribution < 1.29 is 0 Å². The van der Waals surface area contributed by atoms with Crippen molar-refractivity contribution in [3.63, 3.8) is 0 Å². The van der Waals surface area contributed by atoms with Gasteiger partial charge in [0.1, 0.15) is 0 Å². The zero-order valence-electron chi connectivity index (χ0n) is 7.33. The average Bonchev–Trinajstić information content (AvgIpc) is 1.95. The third-order valence-electron chi connectivity index (χ3n) is 1.94. The molecule has 0 aromatic heterocycles. The highest BCUT2D eigenvalue weighted by molar-refractivity contribution is 5.85. The van der Waals surface area contributed by atoms with Gasteiger partial charge in [0.2, 0.25) is 0 Å². The first kappa shape index (κ1) is 14.3. The van der Waals surface area contributed by atoms with E-state index in [-0.39, 0.29) is 24.8 Å². The van der Waals surface area contributed by atoms with Crippen LogP contribution in [-0.4, -0.2) is 0 Å². The summed E-state index contributed by atoms with van der Waals surface area (Å²) < 4.78 is 0. The van der Waals surface area contributed by atoms with E-state index in [2.05, 4.69) is 26.0 Å². The molecule has 0 atom stereocenters. The summed E-state index contributed by atoms with van der Waals surface area (Å²) in [5.41, 5.74) is 9.42. The molecule has 1 aromatic carbocycles. The maximum atomic E-state index is 5.52. The summed E-state index contributed by atoms with van der Waals surface area (Å²) >= 11 is 0. The Balaban J connectivity index is 0. The molecule has 70 valence electrons. The highest BCUT2D eigenvalue weighted by atomic mass is 35.5. The van der Waals surface area contributed by atoms with Gasteiger partial charge in [-0.15, -0.1) is 24.8 Å². The van der Waals surface area contributed by atoms with Gasteiger partial charge in [-0.2, -0.15) is 0 Å². The monoisotopic (exact) mass is 207 g/mol. The molecule has 0 spiro atoms. The Hall–Kier alpha value is -0.240. The predicted octanol–water partition coefficient (Wildman–Crippen LogP) is 2.61. The fourth-order valence-electron chi connectivity index (χ4n) is 1.03. The van der Waals surface area contributed by atoms with Gasteiger partial charge in [-0.3, -0.25) is 0 Å². The van der Waals surface area contributed by atoms with Crippen LogP contribution >= 0.6 is 24.8 Å². The third-order valence-corrected chi connectivity index (χ3v) is 1.94. The van der Waals surface area contributed by atoms with E-state index in [4.69, 9.17) is 5.73 Å².